The Morgan fingerprint density at radius 1 is 1.36 bits per heavy atom. The second-order valence-electron chi connectivity index (χ2n) is 6.52. The molecular weight excluding hydrogens is 300 g/mol. The summed E-state index contributed by atoms with van der Waals surface area (Å²) >= 11 is 1.47. The number of nitrogens with zero attached hydrogens (tertiary/aromatic N) is 1. The fraction of sp³-hybridized carbons (Fsp3) is 0.625. The molecule has 1 aliphatic heterocycles. The summed E-state index contributed by atoms with van der Waals surface area (Å²) in [5.74, 6) is 0.129. The van der Waals surface area contributed by atoms with Gasteiger partial charge >= 0.3 is 6.09 Å². The van der Waals surface area contributed by atoms with Crippen LogP contribution >= 0.6 is 11.3 Å². The molecule has 1 fully saturated rings. The van der Waals surface area contributed by atoms with Gasteiger partial charge in [0.2, 0.25) is 0 Å². The van der Waals surface area contributed by atoms with E-state index in [1.165, 1.54) is 11.3 Å². The number of likely N-dealkylation sites (tertiary alicyclic amines) is 1. The fourth-order valence-electron chi connectivity index (χ4n) is 2.35. The molecule has 0 bridgehead atoms. The van der Waals surface area contributed by atoms with Crippen LogP contribution in [-0.2, 0) is 4.74 Å². The summed E-state index contributed by atoms with van der Waals surface area (Å²) < 4.78 is 5.37. The number of hydrogen-bond donors (Lipinski definition) is 1. The first-order valence-electron chi connectivity index (χ1n) is 7.63. The van der Waals surface area contributed by atoms with Crippen molar-refractivity contribution in [2.75, 3.05) is 19.6 Å². The summed E-state index contributed by atoms with van der Waals surface area (Å²) in [6.07, 6.45) is 1.44. The second kappa shape index (κ2) is 7.24. The summed E-state index contributed by atoms with van der Waals surface area (Å²) in [6.45, 7) is 7.30. The normalized spacial score (nSPS) is 16.6. The first kappa shape index (κ1) is 17.0. The first-order chi connectivity index (χ1) is 10.3. The number of carbonyl (C=O) groups is 2. The van der Waals surface area contributed by atoms with Crippen LogP contribution in [0.4, 0.5) is 4.79 Å². The lowest BCUT2D eigenvalue weighted by molar-refractivity contribution is 0.0198. The molecule has 0 radical (unpaired) electrons. The van der Waals surface area contributed by atoms with E-state index in [9.17, 15) is 9.59 Å². The van der Waals surface area contributed by atoms with Crippen molar-refractivity contribution in [2.24, 2.45) is 0 Å². The van der Waals surface area contributed by atoms with Crippen molar-refractivity contribution in [1.29, 1.82) is 0 Å². The van der Waals surface area contributed by atoms with Crippen LogP contribution in [0.25, 0.3) is 0 Å². The lowest BCUT2D eigenvalue weighted by Gasteiger charge is -2.33. The largest absolute Gasteiger partial charge is 0.444 e. The maximum Gasteiger partial charge on any atom is 0.410 e. The van der Waals surface area contributed by atoms with E-state index < -0.39 is 5.60 Å². The molecule has 1 saturated heterocycles. The molecule has 1 aromatic heterocycles. The van der Waals surface area contributed by atoms with Gasteiger partial charge in [-0.25, -0.2) is 4.79 Å². The lowest BCUT2D eigenvalue weighted by atomic mass is 10.1. The van der Waals surface area contributed by atoms with Crippen LogP contribution in [0.1, 0.15) is 43.3 Å². The minimum Gasteiger partial charge on any atom is -0.444 e. The number of ketones is 1. The molecule has 0 aliphatic carbocycles. The van der Waals surface area contributed by atoms with Crippen molar-refractivity contribution in [3.8, 4) is 0 Å². The lowest BCUT2D eigenvalue weighted by Crippen LogP contribution is -2.47. The third-order valence-electron chi connectivity index (χ3n) is 3.49. The molecule has 1 N–H and O–H groups in total. The van der Waals surface area contributed by atoms with E-state index >= 15 is 0 Å². The van der Waals surface area contributed by atoms with Crippen LogP contribution in [0, 0.1) is 0 Å². The Labute approximate surface area is 135 Å². The topological polar surface area (TPSA) is 58.6 Å². The van der Waals surface area contributed by atoms with Crippen molar-refractivity contribution in [1.82, 2.24) is 10.2 Å². The van der Waals surface area contributed by atoms with Crippen molar-refractivity contribution in [3.63, 3.8) is 0 Å². The minimum atomic E-state index is -0.459. The summed E-state index contributed by atoms with van der Waals surface area (Å²) in [5, 5.41) is 5.20. The van der Waals surface area contributed by atoms with E-state index in [2.05, 4.69) is 5.32 Å². The highest BCUT2D eigenvalue weighted by atomic mass is 32.1. The zero-order valence-electron chi connectivity index (χ0n) is 13.4. The fourth-order valence-corrected chi connectivity index (χ4v) is 3.02. The maximum absolute atomic E-state index is 12.0. The number of piperidine rings is 1. The molecule has 2 heterocycles. The molecule has 22 heavy (non-hydrogen) atoms. The Balaban J connectivity index is 1.71. The van der Waals surface area contributed by atoms with Crippen molar-refractivity contribution in [2.45, 2.75) is 45.3 Å². The van der Waals surface area contributed by atoms with Gasteiger partial charge in [-0.15, -0.1) is 11.3 Å². The van der Waals surface area contributed by atoms with Gasteiger partial charge in [0.15, 0.2) is 5.78 Å². The van der Waals surface area contributed by atoms with Gasteiger partial charge in [-0.05, 0) is 45.1 Å². The average Bonchev–Trinajstić information content (AvgIpc) is 2.97. The molecule has 6 heteroatoms. The third-order valence-corrected chi connectivity index (χ3v) is 4.40. The quantitative estimate of drug-likeness (QED) is 0.865. The highest BCUT2D eigenvalue weighted by Gasteiger charge is 2.26. The zero-order valence-corrected chi connectivity index (χ0v) is 14.2. The second-order valence-corrected chi connectivity index (χ2v) is 7.47. The van der Waals surface area contributed by atoms with Crippen LogP contribution in [-0.4, -0.2) is 48.1 Å². The third kappa shape index (κ3) is 5.10. The Morgan fingerprint density at radius 3 is 2.59 bits per heavy atom. The van der Waals surface area contributed by atoms with Gasteiger partial charge in [0.1, 0.15) is 5.60 Å². The molecule has 2 rings (SSSR count). The predicted molar refractivity (Wildman–Crippen MR) is 87.5 cm³/mol. The zero-order chi connectivity index (χ0) is 16.2. The van der Waals surface area contributed by atoms with E-state index in [1.54, 1.807) is 4.90 Å². The van der Waals surface area contributed by atoms with Crippen LogP contribution < -0.4 is 5.32 Å². The molecule has 1 aliphatic rings. The number of Topliss-reactive ketones (excluding diaryl/α,β-unsaturated/α-hetero) is 1. The maximum atomic E-state index is 12.0. The minimum absolute atomic E-state index is 0.129. The molecule has 1 aromatic rings. The van der Waals surface area contributed by atoms with Gasteiger partial charge in [-0.1, -0.05) is 6.07 Å². The van der Waals surface area contributed by atoms with Gasteiger partial charge in [0.05, 0.1) is 11.4 Å². The number of ether oxygens (including phenoxy) is 1. The SMILES string of the molecule is CC(C)(C)OC(=O)N1CCC(NCC(=O)c2cccs2)CC1. The Hall–Kier alpha value is -1.40. The first-order valence-corrected chi connectivity index (χ1v) is 8.51. The number of nitrogens with one attached hydrogen (secondary N) is 1. The van der Waals surface area contributed by atoms with Crippen molar-refractivity contribution < 1.29 is 14.3 Å². The van der Waals surface area contributed by atoms with Gasteiger partial charge in [0, 0.05) is 19.1 Å². The molecule has 5 nitrogen and oxygen atoms in total. The summed E-state index contributed by atoms with van der Waals surface area (Å²) in [5.41, 5.74) is -0.459. The molecule has 1 amide bonds. The van der Waals surface area contributed by atoms with Crippen LogP contribution in [0.2, 0.25) is 0 Å². The molecule has 0 spiro atoms. The molecule has 0 aromatic carbocycles. The highest BCUT2D eigenvalue weighted by Crippen LogP contribution is 2.16. The smallest absolute Gasteiger partial charge is 0.410 e. The highest BCUT2D eigenvalue weighted by molar-refractivity contribution is 7.12. The van der Waals surface area contributed by atoms with Crippen molar-refractivity contribution >= 4 is 23.2 Å². The summed E-state index contributed by atoms with van der Waals surface area (Å²) in [7, 11) is 0. The molecular formula is C16H24N2O3S. The number of thiophene rings is 1. The van der Waals surface area contributed by atoms with E-state index in [0.717, 1.165) is 17.7 Å². The Kier molecular flexibility index (Phi) is 5.58. The molecule has 122 valence electrons. The molecule has 0 unspecified atom stereocenters. The number of hydrogen-bond acceptors (Lipinski definition) is 5. The van der Waals surface area contributed by atoms with E-state index in [4.69, 9.17) is 4.74 Å². The number of carbonyl (C=O) groups excluding carboxylic acids is 2. The molecule has 0 saturated carbocycles. The van der Waals surface area contributed by atoms with E-state index in [0.29, 0.717) is 19.6 Å². The summed E-state index contributed by atoms with van der Waals surface area (Å²) in [6, 6.07) is 4.01. The van der Waals surface area contributed by atoms with Gasteiger partial charge in [-0.3, -0.25) is 4.79 Å². The van der Waals surface area contributed by atoms with E-state index in [-0.39, 0.29) is 17.9 Å². The average molecular weight is 324 g/mol. The Bertz CT molecular complexity index is 500. The van der Waals surface area contributed by atoms with Crippen molar-refractivity contribution in [3.05, 3.63) is 22.4 Å². The van der Waals surface area contributed by atoms with Crippen LogP contribution in [0.5, 0.6) is 0 Å². The summed E-state index contributed by atoms with van der Waals surface area (Å²) in [4.78, 5) is 26.4. The number of amides is 1. The van der Waals surface area contributed by atoms with Gasteiger partial charge in [0.25, 0.3) is 0 Å². The van der Waals surface area contributed by atoms with Gasteiger partial charge < -0.3 is 15.0 Å². The predicted octanol–water partition coefficient (Wildman–Crippen LogP) is 2.92. The van der Waals surface area contributed by atoms with E-state index in [1.807, 2.05) is 38.3 Å². The molecule has 0 atom stereocenters. The van der Waals surface area contributed by atoms with Crippen LogP contribution in [0.15, 0.2) is 17.5 Å². The number of rotatable bonds is 4. The Morgan fingerprint density at radius 2 is 2.05 bits per heavy atom. The van der Waals surface area contributed by atoms with Crippen LogP contribution in [0.3, 0.4) is 0 Å². The monoisotopic (exact) mass is 324 g/mol. The standard InChI is InChI=1S/C16H24N2O3S/c1-16(2,3)21-15(20)18-8-6-12(7-9-18)17-11-13(19)14-5-4-10-22-14/h4-5,10,12,17H,6-9,11H2,1-3H3. The van der Waals surface area contributed by atoms with Gasteiger partial charge in [-0.2, -0.15) is 0 Å².